The summed E-state index contributed by atoms with van der Waals surface area (Å²) in [4.78, 5) is 16.8. The summed E-state index contributed by atoms with van der Waals surface area (Å²) >= 11 is 1.12. The topological polar surface area (TPSA) is 97.4 Å². The Morgan fingerprint density at radius 1 is 1.10 bits per heavy atom. The fourth-order valence-corrected chi connectivity index (χ4v) is 4.62. The number of hydrogen-bond acceptors (Lipinski definition) is 6. The molecule has 31 heavy (non-hydrogen) atoms. The minimum Gasteiger partial charge on any atom is -0.434 e. The van der Waals surface area contributed by atoms with E-state index >= 15 is 0 Å². The van der Waals surface area contributed by atoms with Gasteiger partial charge in [-0.05, 0) is 50.2 Å². The van der Waals surface area contributed by atoms with Crippen molar-refractivity contribution in [2.75, 3.05) is 5.32 Å². The molecule has 0 saturated carbocycles. The first-order valence-electron chi connectivity index (χ1n) is 9.09. The molecule has 3 rings (SSSR count). The number of sulfonamides is 1. The summed E-state index contributed by atoms with van der Waals surface area (Å²) in [6.45, 7) is 0.445. The van der Waals surface area contributed by atoms with Crippen LogP contribution in [0.25, 0.3) is 11.3 Å². The van der Waals surface area contributed by atoms with Gasteiger partial charge < -0.3 is 4.74 Å². The zero-order valence-electron chi connectivity index (χ0n) is 16.5. The third-order valence-electron chi connectivity index (χ3n) is 3.92. The van der Waals surface area contributed by atoms with E-state index in [-0.39, 0.29) is 27.4 Å². The highest BCUT2D eigenvalue weighted by atomic mass is 32.2. The molecule has 0 radical (unpaired) electrons. The highest BCUT2D eigenvalue weighted by molar-refractivity contribution is 7.89. The van der Waals surface area contributed by atoms with E-state index < -0.39 is 22.5 Å². The van der Waals surface area contributed by atoms with Crippen molar-refractivity contribution in [3.63, 3.8) is 0 Å². The Kier molecular flexibility index (Phi) is 6.98. The third kappa shape index (κ3) is 5.84. The van der Waals surface area contributed by atoms with Crippen LogP contribution in [-0.4, -0.2) is 32.0 Å². The molecule has 2 aromatic carbocycles. The maximum atomic E-state index is 12.6. The first kappa shape index (κ1) is 22.8. The molecule has 0 aliphatic heterocycles. The summed E-state index contributed by atoms with van der Waals surface area (Å²) in [6, 6.07) is 11.4. The van der Waals surface area contributed by atoms with Crippen molar-refractivity contribution in [2.24, 2.45) is 0 Å². The van der Waals surface area contributed by atoms with Gasteiger partial charge in [0.2, 0.25) is 10.0 Å². The van der Waals surface area contributed by atoms with Gasteiger partial charge in [0.1, 0.15) is 5.75 Å². The molecule has 1 heterocycles. The van der Waals surface area contributed by atoms with Crippen molar-refractivity contribution in [3.8, 4) is 17.0 Å². The van der Waals surface area contributed by atoms with Crippen LogP contribution in [0, 0.1) is 0 Å². The minimum absolute atomic E-state index is 0.0209. The smallest absolute Gasteiger partial charge is 0.387 e. The molecule has 1 aromatic heterocycles. The molecular formula is C20H19F2N3O4S2. The molecule has 0 fully saturated rings. The van der Waals surface area contributed by atoms with Gasteiger partial charge in [0.05, 0.1) is 10.6 Å². The molecule has 0 saturated heterocycles. The van der Waals surface area contributed by atoms with Crippen molar-refractivity contribution in [1.29, 1.82) is 0 Å². The van der Waals surface area contributed by atoms with E-state index in [0.717, 1.165) is 11.3 Å². The van der Waals surface area contributed by atoms with Crippen LogP contribution in [0.2, 0.25) is 0 Å². The lowest BCUT2D eigenvalue weighted by Crippen LogP contribution is -2.30. The second-order valence-electron chi connectivity index (χ2n) is 6.67. The number of benzene rings is 2. The van der Waals surface area contributed by atoms with E-state index in [1.54, 1.807) is 37.4 Å². The van der Waals surface area contributed by atoms with Crippen LogP contribution in [-0.2, 0) is 10.0 Å². The highest BCUT2D eigenvalue weighted by Gasteiger charge is 2.17. The van der Waals surface area contributed by atoms with Crippen molar-refractivity contribution in [1.82, 2.24) is 9.71 Å². The molecule has 7 nitrogen and oxygen atoms in total. The maximum Gasteiger partial charge on any atom is 0.387 e. The molecule has 0 unspecified atom stereocenters. The molecule has 2 N–H and O–H groups in total. The van der Waals surface area contributed by atoms with E-state index in [4.69, 9.17) is 0 Å². The number of rotatable bonds is 8. The Morgan fingerprint density at radius 3 is 2.42 bits per heavy atom. The summed E-state index contributed by atoms with van der Waals surface area (Å²) in [7, 11) is -3.66. The fourth-order valence-electron chi connectivity index (χ4n) is 2.66. The first-order valence-corrected chi connectivity index (χ1v) is 11.5. The van der Waals surface area contributed by atoms with Gasteiger partial charge in [-0.25, -0.2) is 18.1 Å². The zero-order valence-corrected chi connectivity index (χ0v) is 18.1. The van der Waals surface area contributed by atoms with E-state index in [1.165, 1.54) is 30.3 Å². The van der Waals surface area contributed by atoms with Gasteiger partial charge >= 0.3 is 6.61 Å². The van der Waals surface area contributed by atoms with Crippen LogP contribution in [0.1, 0.15) is 24.2 Å². The summed E-state index contributed by atoms with van der Waals surface area (Å²) in [5, 5.41) is 4.48. The number of thiazole rings is 1. The average Bonchev–Trinajstić information content (AvgIpc) is 3.15. The van der Waals surface area contributed by atoms with Gasteiger partial charge in [-0.15, -0.1) is 11.3 Å². The SMILES string of the molecule is CC(C)NS(=O)(=O)c1ccc(C(=O)Nc2nc(-c3ccccc3OC(F)F)cs2)cc1. The van der Waals surface area contributed by atoms with Gasteiger partial charge in [0.15, 0.2) is 5.13 Å². The Balaban J connectivity index is 1.74. The molecule has 0 bridgehead atoms. The van der Waals surface area contributed by atoms with Gasteiger partial charge in [-0.3, -0.25) is 10.1 Å². The second kappa shape index (κ2) is 9.50. The Hall–Kier alpha value is -2.89. The van der Waals surface area contributed by atoms with Crippen molar-refractivity contribution < 1.29 is 26.7 Å². The Morgan fingerprint density at radius 2 is 1.77 bits per heavy atom. The lowest BCUT2D eigenvalue weighted by Gasteiger charge is -2.10. The number of hydrogen-bond donors (Lipinski definition) is 2. The number of amides is 1. The number of aromatic nitrogens is 1. The number of anilines is 1. The van der Waals surface area contributed by atoms with Crippen molar-refractivity contribution >= 4 is 32.4 Å². The Labute approximate surface area is 182 Å². The molecule has 11 heteroatoms. The van der Waals surface area contributed by atoms with E-state index in [9.17, 15) is 22.0 Å². The van der Waals surface area contributed by atoms with Crippen LogP contribution in [0.3, 0.4) is 0 Å². The number of ether oxygens (including phenoxy) is 1. The Bertz CT molecular complexity index is 1160. The first-order chi connectivity index (χ1) is 14.7. The number of nitrogens with one attached hydrogen (secondary N) is 2. The molecule has 0 spiro atoms. The van der Waals surface area contributed by atoms with Gasteiger partial charge in [-0.1, -0.05) is 12.1 Å². The summed E-state index contributed by atoms with van der Waals surface area (Å²) in [5.41, 5.74) is 0.978. The number of carbonyl (C=O) groups is 1. The van der Waals surface area contributed by atoms with Gasteiger partial charge in [-0.2, -0.15) is 8.78 Å². The van der Waals surface area contributed by atoms with Crippen molar-refractivity contribution in [3.05, 3.63) is 59.5 Å². The number of nitrogens with zero attached hydrogens (tertiary/aromatic N) is 1. The quantitative estimate of drug-likeness (QED) is 0.513. The van der Waals surface area contributed by atoms with Crippen molar-refractivity contribution in [2.45, 2.75) is 31.4 Å². The number of halogens is 2. The molecule has 0 atom stereocenters. The van der Waals surface area contributed by atoms with Gasteiger partial charge in [0, 0.05) is 22.5 Å². The molecule has 0 aliphatic carbocycles. The van der Waals surface area contributed by atoms with Gasteiger partial charge in [0.25, 0.3) is 5.91 Å². The third-order valence-corrected chi connectivity index (χ3v) is 6.35. The summed E-state index contributed by atoms with van der Waals surface area (Å²) < 4.78 is 56.5. The highest BCUT2D eigenvalue weighted by Crippen LogP contribution is 2.33. The normalized spacial score (nSPS) is 11.7. The monoisotopic (exact) mass is 467 g/mol. The number of alkyl halides is 2. The molecule has 1 amide bonds. The minimum atomic E-state index is -3.66. The summed E-state index contributed by atoms with van der Waals surface area (Å²) in [5.74, 6) is -0.508. The average molecular weight is 468 g/mol. The van der Waals surface area contributed by atoms with E-state index in [0.29, 0.717) is 11.3 Å². The largest absolute Gasteiger partial charge is 0.434 e. The molecule has 164 valence electrons. The van der Waals surface area contributed by atoms with Crippen LogP contribution in [0.5, 0.6) is 5.75 Å². The van der Waals surface area contributed by atoms with E-state index in [2.05, 4.69) is 19.8 Å². The maximum absolute atomic E-state index is 12.6. The predicted octanol–water partition coefficient (Wildman–Crippen LogP) is 4.35. The zero-order chi connectivity index (χ0) is 22.6. The fraction of sp³-hybridized carbons (Fsp3) is 0.200. The number of carbonyl (C=O) groups excluding carboxylic acids is 1. The number of para-hydroxylation sites is 1. The lowest BCUT2D eigenvalue weighted by molar-refractivity contribution is -0.0494. The predicted molar refractivity (Wildman–Crippen MR) is 114 cm³/mol. The molecule has 3 aromatic rings. The lowest BCUT2D eigenvalue weighted by atomic mass is 10.1. The molecule has 0 aliphatic rings. The molecular weight excluding hydrogens is 448 g/mol. The van der Waals surface area contributed by atoms with Crippen LogP contribution in [0.4, 0.5) is 13.9 Å². The van der Waals surface area contributed by atoms with E-state index in [1.807, 2.05) is 0 Å². The van der Waals surface area contributed by atoms with Crippen LogP contribution in [0.15, 0.2) is 58.8 Å². The summed E-state index contributed by atoms with van der Waals surface area (Å²) in [6.07, 6.45) is 0. The second-order valence-corrected chi connectivity index (χ2v) is 9.24. The standard InChI is InChI=1S/C20H19F2N3O4S2/c1-12(2)25-31(27,28)14-9-7-13(8-10-14)18(26)24-20-23-16(11-30-20)15-5-3-4-6-17(15)29-19(21)22/h3-12,19,25H,1-2H3,(H,23,24,26). The van der Waals surface area contributed by atoms with Crippen LogP contribution < -0.4 is 14.8 Å². The van der Waals surface area contributed by atoms with Crippen LogP contribution >= 0.6 is 11.3 Å².